The molecule has 1 nitrogen and oxygen atoms in total. The van der Waals surface area contributed by atoms with Crippen molar-refractivity contribution in [2.45, 2.75) is 13.3 Å². The Balaban J connectivity index is 2.18. The lowest BCUT2D eigenvalue weighted by Gasteiger charge is -1.96. The zero-order chi connectivity index (χ0) is 11.7. The number of carbonyl (C=O) groups is 1. The molecular weight excluding hydrogens is 328 g/mol. The van der Waals surface area contributed by atoms with Gasteiger partial charge in [0.1, 0.15) is 0 Å². The Morgan fingerprint density at radius 2 is 2.19 bits per heavy atom. The van der Waals surface area contributed by atoms with Crippen molar-refractivity contribution >= 4 is 56.0 Å². The lowest BCUT2D eigenvalue weighted by molar-refractivity contribution is 0.0998. The number of carbonyl (C=O) groups excluding carboxylic acids is 1. The third kappa shape index (κ3) is 2.56. The van der Waals surface area contributed by atoms with Gasteiger partial charge in [0.15, 0.2) is 5.78 Å². The molecule has 0 unspecified atom stereocenters. The number of aryl methyl sites for hydroxylation is 1. The van der Waals surface area contributed by atoms with E-state index in [4.69, 9.17) is 11.6 Å². The van der Waals surface area contributed by atoms with Crippen molar-refractivity contribution in [3.8, 4) is 0 Å². The number of rotatable bonds is 3. The third-order valence-corrected chi connectivity index (χ3v) is 5.54. The lowest BCUT2D eigenvalue weighted by Crippen LogP contribution is -2.00. The first-order valence-electron chi connectivity index (χ1n) is 4.57. The molecule has 16 heavy (non-hydrogen) atoms. The van der Waals surface area contributed by atoms with Gasteiger partial charge in [-0.2, -0.15) is 0 Å². The molecule has 2 heterocycles. The maximum Gasteiger partial charge on any atom is 0.179 e. The van der Waals surface area contributed by atoms with Gasteiger partial charge in [-0.15, -0.1) is 22.7 Å². The minimum absolute atomic E-state index is 0.0949. The first-order chi connectivity index (χ1) is 7.58. The molecule has 0 aliphatic rings. The van der Waals surface area contributed by atoms with Crippen LogP contribution in [0.15, 0.2) is 21.3 Å². The van der Waals surface area contributed by atoms with E-state index in [9.17, 15) is 4.79 Å². The molecule has 0 bridgehead atoms. The second-order valence-corrected chi connectivity index (χ2v) is 6.56. The minimum atomic E-state index is 0.0949. The fourth-order valence-corrected chi connectivity index (χ4v) is 3.99. The third-order valence-electron chi connectivity index (χ3n) is 2.11. The number of ketones is 1. The molecule has 0 radical (unpaired) electrons. The van der Waals surface area contributed by atoms with Gasteiger partial charge < -0.3 is 0 Å². The molecule has 2 aromatic heterocycles. The van der Waals surface area contributed by atoms with Crippen LogP contribution in [0.25, 0.3) is 0 Å². The molecule has 0 spiro atoms. The second-order valence-electron chi connectivity index (χ2n) is 3.39. The quantitative estimate of drug-likeness (QED) is 0.725. The molecule has 0 saturated carbocycles. The van der Waals surface area contributed by atoms with Crippen LogP contribution in [0.5, 0.6) is 0 Å². The van der Waals surface area contributed by atoms with Crippen molar-refractivity contribution in [2.75, 3.05) is 0 Å². The Kier molecular flexibility index (Phi) is 3.85. The smallest absolute Gasteiger partial charge is 0.179 e. The second kappa shape index (κ2) is 5.00. The molecule has 0 saturated heterocycles. The number of halogens is 2. The highest BCUT2D eigenvalue weighted by molar-refractivity contribution is 9.10. The molecular formula is C11H8BrClOS2. The number of hydrogen-bond acceptors (Lipinski definition) is 3. The molecule has 0 aliphatic carbocycles. The summed E-state index contributed by atoms with van der Waals surface area (Å²) in [5.41, 5.74) is 0.974. The van der Waals surface area contributed by atoms with E-state index in [0.717, 1.165) is 14.9 Å². The van der Waals surface area contributed by atoms with Crippen LogP contribution in [-0.4, -0.2) is 5.78 Å². The lowest BCUT2D eigenvalue weighted by atomic mass is 10.2. The summed E-state index contributed by atoms with van der Waals surface area (Å²) in [6, 6.07) is 1.97. The van der Waals surface area contributed by atoms with Crippen LogP contribution in [0.3, 0.4) is 0 Å². The standard InChI is InChI=1S/C11H8BrClOS2/c1-6-4-16-11(10(6)13)9(14)3-8-2-7(12)5-15-8/h2,4-5H,3H2,1H3. The maximum absolute atomic E-state index is 12.0. The van der Waals surface area contributed by atoms with E-state index in [2.05, 4.69) is 15.9 Å². The molecule has 84 valence electrons. The van der Waals surface area contributed by atoms with Crippen LogP contribution < -0.4 is 0 Å². The molecule has 0 atom stereocenters. The molecule has 2 aromatic rings. The summed E-state index contributed by atoms with van der Waals surface area (Å²) in [5, 5.41) is 4.50. The Morgan fingerprint density at radius 3 is 2.69 bits per heavy atom. The van der Waals surface area contributed by atoms with E-state index >= 15 is 0 Å². The highest BCUT2D eigenvalue weighted by atomic mass is 79.9. The highest BCUT2D eigenvalue weighted by Crippen LogP contribution is 2.29. The monoisotopic (exact) mass is 334 g/mol. The fourth-order valence-electron chi connectivity index (χ4n) is 1.30. The molecule has 0 aromatic carbocycles. The van der Waals surface area contributed by atoms with Crippen molar-refractivity contribution in [1.29, 1.82) is 0 Å². The van der Waals surface area contributed by atoms with Crippen LogP contribution in [0, 0.1) is 6.92 Å². The summed E-state index contributed by atoms with van der Waals surface area (Å²) in [4.78, 5) is 13.7. The van der Waals surface area contributed by atoms with E-state index in [0.29, 0.717) is 16.3 Å². The molecule has 0 fully saturated rings. The van der Waals surface area contributed by atoms with Gasteiger partial charge in [0.05, 0.1) is 9.90 Å². The highest BCUT2D eigenvalue weighted by Gasteiger charge is 2.15. The van der Waals surface area contributed by atoms with Gasteiger partial charge in [0.2, 0.25) is 0 Å². The molecule has 0 N–H and O–H groups in total. The molecule has 0 aliphatic heterocycles. The van der Waals surface area contributed by atoms with Crippen molar-refractivity contribution in [1.82, 2.24) is 0 Å². The summed E-state index contributed by atoms with van der Waals surface area (Å²) in [6.45, 7) is 1.91. The largest absolute Gasteiger partial charge is 0.293 e. The summed E-state index contributed by atoms with van der Waals surface area (Å²) in [7, 11) is 0. The average Bonchev–Trinajstić information content (AvgIpc) is 2.76. The van der Waals surface area contributed by atoms with Gasteiger partial charge in [-0.25, -0.2) is 0 Å². The number of hydrogen-bond donors (Lipinski definition) is 0. The van der Waals surface area contributed by atoms with Crippen LogP contribution in [0.4, 0.5) is 0 Å². The van der Waals surface area contributed by atoms with Crippen molar-refractivity contribution in [3.05, 3.63) is 41.6 Å². The van der Waals surface area contributed by atoms with Crippen LogP contribution in [0.1, 0.15) is 20.1 Å². The summed E-state index contributed by atoms with van der Waals surface area (Å²) < 4.78 is 1.02. The number of thiophene rings is 2. The van der Waals surface area contributed by atoms with Gasteiger partial charge >= 0.3 is 0 Å². The van der Waals surface area contributed by atoms with Gasteiger partial charge in [-0.3, -0.25) is 4.79 Å². The Hall–Kier alpha value is -0.160. The van der Waals surface area contributed by atoms with E-state index in [1.165, 1.54) is 11.3 Å². The summed E-state index contributed by atoms with van der Waals surface area (Å²) in [6.07, 6.45) is 0.427. The zero-order valence-electron chi connectivity index (χ0n) is 8.42. The first kappa shape index (κ1) is 12.3. The Bertz CT molecular complexity index is 530. The molecule has 2 rings (SSSR count). The van der Waals surface area contributed by atoms with Gasteiger partial charge in [-0.1, -0.05) is 11.6 Å². The van der Waals surface area contributed by atoms with Gasteiger partial charge in [0.25, 0.3) is 0 Å². The first-order valence-corrected chi connectivity index (χ1v) is 7.50. The average molecular weight is 336 g/mol. The van der Waals surface area contributed by atoms with Crippen LogP contribution in [-0.2, 0) is 6.42 Å². The SMILES string of the molecule is Cc1csc(C(=O)Cc2cc(Br)cs2)c1Cl. The molecule has 5 heteroatoms. The Morgan fingerprint density at radius 1 is 1.44 bits per heavy atom. The predicted molar refractivity (Wildman–Crippen MR) is 74.1 cm³/mol. The van der Waals surface area contributed by atoms with E-state index in [-0.39, 0.29) is 5.78 Å². The van der Waals surface area contributed by atoms with Gasteiger partial charge in [-0.05, 0) is 39.9 Å². The van der Waals surface area contributed by atoms with Crippen LogP contribution in [0.2, 0.25) is 5.02 Å². The number of Topliss-reactive ketones (excluding diaryl/α,β-unsaturated/α-hetero) is 1. The summed E-state index contributed by atoms with van der Waals surface area (Å²) >= 11 is 12.4. The van der Waals surface area contributed by atoms with Gasteiger partial charge in [0, 0.05) is 21.2 Å². The van der Waals surface area contributed by atoms with Crippen molar-refractivity contribution < 1.29 is 4.79 Å². The van der Waals surface area contributed by atoms with Crippen molar-refractivity contribution in [3.63, 3.8) is 0 Å². The maximum atomic E-state index is 12.0. The van der Waals surface area contributed by atoms with E-state index in [1.54, 1.807) is 11.3 Å². The van der Waals surface area contributed by atoms with E-state index in [1.807, 2.05) is 23.8 Å². The molecule has 0 amide bonds. The topological polar surface area (TPSA) is 17.1 Å². The zero-order valence-corrected chi connectivity index (χ0v) is 12.4. The normalized spacial score (nSPS) is 10.7. The van der Waals surface area contributed by atoms with Crippen LogP contribution >= 0.6 is 50.2 Å². The Labute approximate surface area is 115 Å². The minimum Gasteiger partial charge on any atom is -0.293 e. The summed E-state index contributed by atoms with van der Waals surface area (Å²) in [5.74, 6) is 0.0949. The van der Waals surface area contributed by atoms with E-state index < -0.39 is 0 Å². The van der Waals surface area contributed by atoms with Crippen molar-refractivity contribution in [2.24, 2.45) is 0 Å². The predicted octanol–water partition coefficient (Wildman–Crippen LogP) is 4.96. The fraction of sp³-hybridized carbons (Fsp3) is 0.182.